The zero-order chi connectivity index (χ0) is 17.3. The molecule has 0 bridgehead atoms. The number of methoxy groups -OCH3 is 1. The second-order valence-electron chi connectivity index (χ2n) is 5.80. The zero-order valence-corrected chi connectivity index (χ0v) is 15.3. The van der Waals surface area contributed by atoms with Gasteiger partial charge in [-0.05, 0) is 17.7 Å². The summed E-state index contributed by atoms with van der Waals surface area (Å²) in [6, 6.07) is 12.9. The Bertz CT molecular complexity index is 833. The minimum Gasteiger partial charge on any atom is -0.497 e. The van der Waals surface area contributed by atoms with Gasteiger partial charge in [-0.3, -0.25) is 0 Å². The van der Waals surface area contributed by atoms with Gasteiger partial charge in [0, 0.05) is 31.1 Å². The molecule has 0 aliphatic carbocycles. The maximum atomic E-state index is 14.2. The molecule has 0 radical (unpaired) electrons. The summed E-state index contributed by atoms with van der Waals surface area (Å²) in [6.45, 7) is 0.395. The number of halogens is 2. The van der Waals surface area contributed by atoms with E-state index in [1.807, 2.05) is 30.3 Å². The van der Waals surface area contributed by atoms with Crippen LogP contribution in [0.5, 0.6) is 5.75 Å². The fourth-order valence-corrected chi connectivity index (χ4v) is 4.55. The van der Waals surface area contributed by atoms with Crippen molar-refractivity contribution in [3.8, 4) is 5.75 Å². The Kier molecular flexibility index (Phi) is 6.05. The molecule has 0 aromatic heterocycles. The molecule has 0 saturated carbocycles. The predicted molar refractivity (Wildman–Crippen MR) is 96.1 cm³/mol. The number of hydrogen-bond donors (Lipinski definition) is 1. The molecule has 136 valence electrons. The van der Waals surface area contributed by atoms with Gasteiger partial charge in [0.15, 0.2) is 0 Å². The van der Waals surface area contributed by atoms with Crippen molar-refractivity contribution in [3.05, 3.63) is 59.9 Å². The lowest BCUT2D eigenvalue weighted by Crippen LogP contribution is -2.32. The molecule has 1 aliphatic heterocycles. The van der Waals surface area contributed by atoms with E-state index in [9.17, 15) is 12.8 Å². The van der Waals surface area contributed by atoms with E-state index in [2.05, 4.69) is 0 Å². The highest BCUT2D eigenvalue weighted by molar-refractivity contribution is 7.89. The molecule has 0 amide bonds. The van der Waals surface area contributed by atoms with Crippen LogP contribution in [0.2, 0.25) is 0 Å². The highest BCUT2D eigenvalue weighted by atomic mass is 35.5. The van der Waals surface area contributed by atoms with Crippen molar-refractivity contribution in [3.63, 3.8) is 0 Å². The summed E-state index contributed by atoms with van der Waals surface area (Å²) < 4.78 is 45.9. The second kappa shape index (κ2) is 7.70. The van der Waals surface area contributed by atoms with E-state index in [1.54, 1.807) is 0 Å². The van der Waals surface area contributed by atoms with Crippen molar-refractivity contribution in [2.45, 2.75) is 16.9 Å². The van der Waals surface area contributed by atoms with Crippen molar-refractivity contribution < 1.29 is 17.5 Å². The highest BCUT2D eigenvalue weighted by Gasteiger charge is 2.39. The monoisotopic (exact) mass is 386 g/mol. The number of ether oxygens (including phenoxy) is 1. The molecule has 2 aromatic carbocycles. The van der Waals surface area contributed by atoms with Crippen molar-refractivity contribution >= 4 is 22.4 Å². The van der Waals surface area contributed by atoms with Gasteiger partial charge >= 0.3 is 0 Å². The summed E-state index contributed by atoms with van der Waals surface area (Å²) in [5, 5.41) is 0. The van der Waals surface area contributed by atoms with E-state index in [4.69, 9.17) is 10.5 Å². The van der Waals surface area contributed by atoms with Crippen LogP contribution in [0.25, 0.3) is 0 Å². The lowest BCUT2D eigenvalue weighted by atomic mass is 9.95. The maximum Gasteiger partial charge on any atom is 0.246 e. The van der Waals surface area contributed by atoms with Crippen LogP contribution in [0, 0.1) is 5.82 Å². The summed E-state index contributed by atoms with van der Waals surface area (Å²) in [5.74, 6) is -0.667. The molecule has 2 N–H and O–H groups in total. The van der Waals surface area contributed by atoms with Gasteiger partial charge in [-0.2, -0.15) is 4.31 Å². The number of benzene rings is 2. The van der Waals surface area contributed by atoms with Crippen molar-refractivity contribution in [1.82, 2.24) is 4.31 Å². The fourth-order valence-electron chi connectivity index (χ4n) is 3.00. The first-order valence-corrected chi connectivity index (χ1v) is 9.01. The van der Waals surface area contributed by atoms with Crippen LogP contribution in [-0.4, -0.2) is 39.0 Å². The highest BCUT2D eigenvalue weighted by Crippen LogP contribution is 2.31. The minimum absolute atomic E-state index is 0. The van der Waals surface area contributed by atoms with Gasteiger partial charge in [-0.25, -0.2) is 12.8 Å². The standard InChI is InChI=1S/C17H19FN2O3S.ClH/c1-23-13-7-8-17(15(18)9-13)24(21,22)20-10-14(16(19)11-20)12-5-3-2-4-6-12;/h2-9,14,16H,10-11,19H2,1H3;1H/t14-,16+;/m0./s1. The van der Waals surface area contributed by atoms with Crippen LogP contribution in [0.3, 0.4) is 0 Å². The molecule has 2 atom stereocenters. The van der Waals surface area contributed by atoms with E-state index in [0.717, 1.165) is 11.6 Å². The third-order valence-corrected chi connectivity index (χ3v) is 6.18. The first-order valence-electron chi connectivity index (χ1n) is 7.57. The van der Waals surface area contributed by atoms with Crippen molar-refractivity contribution in [1.29, 1.82) is 0 Å². The van der Waals surface area contributed by atoms with Gasteiger partial charge in [0.25, 0.3) is 0 Å². The van der Waals surface area contributed by atoms with E-state index >= 15 is 0 Å². The van der Waals surface area contributed by atoms with Gasteiger partial charge in [-0.1, -0.05) is 30.3 Å². The Hall–Kier alpha value is -1.67. The summed E-state index contributed by atoms with van der Waals surface area (Å²) in [6.07, 6.45) is 0. The normalized spacial score (nSPS) is 20.9. The third kappa shape index (κ3) is 3.79. The van der Waals surface area contributed by atoms with E-state index < -0.39 is 15.8 Å². The smallest absolute Gasteiger partial charge is 0.246 e. The Balaban J connectivity index is 0.00000225. The summed E-state index contributed by atoms with van der Waals surface area (Å²) in [4.78, 5) is -0.357. The van der Waals surface area contributed by atoms with Gasteiger partial charge in [-0.15, -0.1) is 12.4 Å². The molecule has 0 unspecified atom stereocenters. The van der Waals surface area contributed by atoms with Crippen LogP contribution in [0.1, 0.15) is 11.5 Å². The average molecular weight is 387 g/mol. The number of sulfonamides is 1. The van der Waals surface area contributed by atoms with Crippen LogP contribution < -0.4 is 10.5 Å². The van der Waals surface area contributed by atoms with Crippen molar-refractivity contribution in [2.24, 2.45) is 5.73 Å². The van der Waals surface area contributed by atoms with Gasteiger partial charge in [0.05, 0.1) is 7.11 Å². The molecule has 0 spiro atoms. The quantitative estimate of drug-likeness (QED) is 0.875. The summed E-state index contributed by atoms with van der Waals surface area (Å²) in [7, 11) is -2.55. The molecule has 8 heteroatoms. The van der Waals surface area contributed by atoms with E-state index in [0.29, 0.717) is 0 Å². The number of hydrogen-bond acceptors (Lipinski definition) is 4. The fraction of sp³-hybridized carbons (Fsp3) is 0.294. The van der Waals surface area contributed by atoms with E-state index in [-0.39, 0.29) is 48.1 Å². The Morgan fingerprint density at radius 3 is 2.44 bits per heavy atom. The lowest BCUT2D eigenvalue weighted by molar-refractivity contribution is 0.409. The summed E-state index contributed by atoms with van der Waals surface area (Å²) in [5.41, 5.74) is 7.12. The van der Waals surface area contributed by atoms with Crippen LogP contribution in [0.15, 0.2) is 53.4 Å². The molecule has 3 rings (SSSR count). The van der Waals surface area contributed by atoms with Gasteiger partial charge in [0.2, 0.25) is 10.0 Å². The molecular weight excluding hydrogens is 367 g/mol. The zero-order valence-electron chi connectivity index (χ0n) is 13.6. The Labute approximate surface area is 153 Å². The van der Waals surface area contributed by atoms with Crippen LogP contribution >= 0.6 is 12.4 Å². The number of rotatable bonds is 4. The third-order valence-electron chi connectivity index (χ3n) is 4.32. The number of nitrogens with two attached hydrogens (primary N) is 1. The molecule has 1 fully saturated rings. The lowest BCUT2D eigenvalue weighted by Gasteiger charge is -2.17. The second-order valence-corrected chi connectivity index (χ2v) is 7.71. The number of nitrogens with zero attached hydrogens (tertiary/aromatic N) is 1. The van der Waals surface area contributed by atoms with Crippen molar-refractivity contribution in [2.75, 3.05) is 20.2 Å². The summed E-state index contributed by atoms with van der Waals surface area (Å²) >= 11 is 0. The average Bonchev–Trinajstić information content (AvgIpc) is 2.98. The SMILES string of the molecule is COc1ccc(S(=O)(=O)N2C[C@@H](N)[C@H](c3ccccc3)C2)c(F)c1.Cl. The minimum atomic E-state index is -3.95. The molecule has 1 aliphatic rings. The molecule has 2 aromatic rings. The van der Waals surface area contributed by atoms with Gasteiger partial charge in [0.1, 0.15) is 16.5 Å². The van der Waals surface area contributed by atoms with E-state index in [1.165, 1.54) is 23.5 Å². The first kappa shape index (κ1) is 19.7. The molecule has 1 heterocycles. The predicted octanol–water partition coefficient (Wildman–Crippen LogP) is 2.37. The van der Waals surface area contributed by atoms with Gasteiger partial charge < -0.3 is 10.5 Å². The first-order chi connectivity index (χ1) is 11.4. The molecule has 5 nitrogen and oxygen atoms in total. The van der Waals surface area contributed by atoms with Crippen LogP contribution in [-0.2, 0) is 10.0 Å². The Morgan fingerprint density at radius 1 is 1.16 bits per heavy atom. The van der Waals surface area contributed by atoms with Crippen LogP contribution in [0.4, 0.5) is 4.39 Å². The molecular formula is C17H20ClFN2O3S. The maximum absolute atomic E-state index is 14.2. The Morgan fingerprint density at radius 2 is 1.84 bits per heavy atom. The molecule has 1 saturated heterocycles. The largest absolute Gasteiger partial charge is 0.497 e. The molecule has 25 heavy (non-hydrogen) atoms. The topological polar surface area (TPSA) is 72.6 Å².